The zero-order chi connectivity index (χ0) is 12.0. The summed E-state index contributed by atoms with van der Waals surface area (Å²) in [4.78, 5) is 11.6. The number of hydrogen-bond acceptors (Lipinski definition) is 2. The highest BCUT2D eigenvalue weighted by Gasteiger charge is 2.06. The summed E-state index contributed by atoms with van der Waals surface area (Å²) in [5, 5.41) is 2.92. The molecule has 1 atom stereocenters. The van der Waals surface area contributed by atoms with Gasteiger partial charge in [0.25, 0.3) is 0 Å². The third-order valence-electron chi connectivity index (χ3n) is 2.50. The molecular formula is C13H21ClN2O. The number of benzene rings is 1. The summed E-state index contributed by atoms with van der Waals surface area (Å²) >= 11 is 0. The van der Waals surface area contributed by atoms with E-state index in [4.69, 9.17) is 5.73 Å². The summed E-state index contributed by atoms with van der Waals surface area (Å²) in [5.74, 6) is 0.0400. The van der Waals surface area contributed by atoms with Crippen molar-refractivity contribution in [3.8, 4) is 0 Å². The Morgan fingerprint density at radius 3 is 2.65 bits per heavy atom. The van der Waals surface area contributed by atoms with Crippen LogP contribution in [-0.2, 0) is 11.2 Å². The quantitative estimate of drug-likeness (QED) is 0.851. The van der Waals surface area contributed by atoms with Crippen molar-refractivity contribution in [1.29, 1.82) is 0 Å². The average molecular weight is 257 g/mol. The number of amides is 1. The molecule has 1 unspecified atom stereocenters. The van der Waals surface area contributed by atoms with Crippen LogP contribution in [0.25, 0.3) is 0 Å². The van der Waals surface area contributed by atoms with Crippen molar-refractivity contribution in [1.82, 2.24) is 0 Å². The highest BCUT2D eigenvalue weighted by molar-refractivity contribution is 5.91. The summed E-state index contributed by atoms with van der Waals surface area (Å²) < 4.78 is 0. The Hall–Kier alpha value is -1.06. The number of nitrogens with one attached hydrogen (secondary N) is 1. The van der Waals surface area contributed by atoms with E-state index in [1.165, 1.54) is 0 Å². The molecule has 0 heterocycles. The fourth-order valence-electron chi connectivity index (χ4n) is 1.52. The van der Waals surface area contributed by atoms with Gasteiger partial charge in [-0.25, -0.2) is 0 Å². The monoisotopic (exact) mass is 256 g/mol. The molecule has 3 nitrogen and oxygen atoms in total. The van der Waals surface area contributed by atoms with E-state index in [1.807, 2.05) is 31.2 Å². The fraction of sp³-hybridized carbons (Fsp3) is 0.462. The predicted molar refractivity (Wildman–Crippen MR) is 74.6 cm³/mol. The topological polar surface area (TPSA) is 55.1 Å². The normalized spacial score (nSPS) is 11.5. The van der Waals surface area contributed by atoms with Gasteiger partial charge in [-0.1, -0.05) is 25.1 Å². The Balaban J connectivity index is 0.00000256. The number of aryl methyl sites for hydroxylation is 1. The van der Waals surface area contributed by atoms with Gasteiger partial charge in [-0.3, -0.25) is 4.79 Å². The van der Waals surface area contributed by atoms with Gasteiger partial charge in [0.05, 0.1) is 0 Å². The van der Waals surface area contributed by atoms with E-state index in [0.29, 0.717) is 6.42 Å². The molecule has 4 heteroatoms. The molecule has 0 aliphatic carbocycles. The lowest BCUT2D eigenvalue weighted by molar-refractivity contribution is -0.116. The number of nitrogens with two attached hydrogens (primary N) is 1. The van der Waals surface area contributed by atoms with E-state index in [1.54, 1.807) is 0 Å². The molecule has 1 aromatic carbocycles. The highest BCUT2D eigenvalue weighted by atomic mass is 35.5. The maximum Gasteiger partial charge on any atom is 0.224 e. The molecule has 0 saturated heterocycles. The number of anilines is 1. The fourth-order valence-corrected chi connectivity index (χ4v) is 1.52. The molecule has 96 valence electrons. The van der Waals surface area contributed by atoms with E-state index in [2.05, 4.69) is 12.2 Å². The maximum atomic E-state index is 11.6. The first-order valence-electron chi connectivity index (χ1n) is 5.76. The van der Waals surface area contributed by atoms with Crippen LogP contribution in [0.15, 0.2) is 24.3 Å². The number of carbonyl (C=O) groups excluding carboxylic acids is 1. The second kappa shape index (κ2) is 8.09. The SMILES string of the molecule is CCc1ccccc1NC(=O)CCC(C)N.Cl. The van der Waals surface area contributed by atoms with Crippen LogP contribution in [0, 0.1) is 0 Å². The van der Waals surface area contributed by atoms with Gasteiger partial charge >= 0.3 is 0 Å². The minimum atomic E-state index is 0. The molecule has 3 N–H and O–H groups in total. The average Bonchev–Trinajstić information content (AvgIpc) is 2.27. The largest absolute Gasteiger partial charge is 0.328 e. The third kappa shape index (κ3) is 5.71. The molecule has 1 rings (SSSR count). The molecule has 1 amide bonds. The van der Waals surface area contributed by atoms with Crippen LogP contribution in [0.1, 0.15) is 32.3 Å². The summed E-state index contributed by atoms with van der Waals surface area (Å²) in [7, 11) is 0. The Morgan fingerprint density at radius 2 is 2.06 bits per heavy atom. The van der Waals surface area contributed by atoms with Crippen LogP contribution in [0.3, 0.4) is 0 Å². The third-order valence-corrected chi connectivity index (χ3v) is 2.50. The van der Waals surface area contributed by atoms with Crippen LogP contribution in [0.2, 0.25) is 0 Å². The van der Waals surface area contributed by atoms with Crippen molar-refractivity contribution < 1.29 is 4.79 Å². The molecule has 1 aromatic rings. The Kier molecular flexibility index (Phi) is 7.59. The van der Waals surface area contributed by atoms with Gasteiger partial charge < -0.3 is 11.1 Å². The number of rotatable bonds is 5. The zero-order valence-electron chi connectivity index (χ0n) is 10.4. The van der Waals surface area contributed by atoms with Crippen LogP contribution >= 0.6 is 12.4 Å². The molecule has 0 radical (unpaired) electrons. The minimum absolute atomic E-state index is 0. The highest BCUT2D eigenvalue weighted by Crippen LogP contribution is 2.15. The molecule has 0 aromatic heterocycles. The van der Waals surface area contributed by atoms with Crippen molar-refractivity contribution >= 4 is 24.0 Å². The Labute approximate surface area is 109 Å². The lowest BCUT2D eigenvalue weighted by Crippen LogP contribution is -2.19. The molecule has 0 saturated carbocycles. The second-order valence-electron chi connectivity index (χ2n) is 4.07. The zero-order valence-corrected chi connectivity index (χ0v) is 11.2. The van der Waals surface area contributed by atoms with Crippen LogP contribution in [0.4, 0.5) is 5.69 Å². The van der Waals surface area contributed by atoms with Gasteiger partial charge in [-0.2, -0.15) is 0 Å². The van der Waals surface area contributed by atoms with Crippen molar-refractivity contribution in [2.45, 2.75) is 39.2 Å². The van der Waals surface area contributed by atoms with E-state index in [0.717, 1.165) is 24.1 Å². The van der Waals surface area contributed by atoms with Gasteiger partial charge in [0, 0.05) is 18.2 Å². The molecular weight excluding hydrogens is 236 g/mol. The lowest BCUT2D eigenvalue weighted by atomic mass is 10.1. The van der Waals surface area contributed by atoms with Gasteiger partial charge in [0.2, 0.25) is 5.91 Å². The molecule has 0 spiro atoms. The van der Waals surface area contributed by atoms with E-state index < -0.39 is 0 Å². The standard InChI is InChI=1S/C13H20N2O.ClH/c1-3-11-6-4-5-7-12(11)15-13(16)9-8-10(2)14;/h4-7,10H,3,8-9,14H2,1-2H3,(H,15,16);1H. The van der Waals surface area contributed by atoms with Crippen LogP contribution in [-0.4, -0.2) is 11.9 Å². The summed E-state index contributed by atoms with van der Waals surface area (Å²) in [5.41, 5.74) is 7.69. The lowest BCUT2D eigenvalue weighted by Gasteiger charge is -2.10. The predicted octanol–water partition coefficient (Wildman–Crippen LogP) is 2.74. The summed E-state index contributed by atoms with van der Waals surface area (Å²) in [6.07, 6.45) is 2.12. The van der Waals surface area contributed by atoms with E-state index >= 15 is 0 Å². The number of halogens is 1. The van der Waals surface area contributed by atoms with Gasteiger partial charge in [0.1, 0.15) is 0 Å². The van der Waals surface area contributed by atoms with Gasteiger partial charge in [-0.05, 0) is 31.4 Å². The van der Waals surface area contributed by atoms with Crippen molar-refractivity contribution in [3.05, 3.63) is 29.8 Å². The first-order chi connectivity index (χ1) is 7.63. The number of para-hydroxylation sites is 1. The first-order valence-corrected chi connectivity index (χ1v) is 5.76. The summed E-state index contributed by atoms with van der Waals surface area (Å²) in [6, 6.07) is 7.95. The second-order valence-corrected chi connectivity index (χ2v) is 4.07. The van der Waals surface area contributed by atoms with Crippen molar-refractivity contribution in [2.75, 3.05) is 5.32 Å². The van der Waals surface area contributed by atoms with E-state index in [9.17, 15) is 4.79 Å². The molecule has 0 bridgehead atoms. The van der Waals surface area contributed by atoms with Crippen molar-refractivity contribution in [2.24, 2.45) is 5.73 Å². The Bertz CT molecular complexity index is 353. The minimum Gasteiger partial charge on any atom is -0.328 e. The van der Waals surface area contributed by atoms with Crippen molar-refractivity contribution in [3.63, 3.8) is 0 Å². The maximum absolute atomic E-state index is 11.6. The summed E-state index contributed by atoms with van der Waals surface area (Å²) in [6.45, 7) is 3.99. The van der Waals surface area contributed by atoms with Crippen LogP contribution in [0.5, 0.6) is 0 Å². The number of hydrogen-bond donors (Lipinski definition) is 2. The molecule has 0 aliphatic heterocycles. The Morgan fingerprint density at radius 1 is 1.41 bits per heavy atom. The molecule has 0 aliphatic rings. The van der Waals surface area contributed by atoms with Gasteiger partial charge in [0.15, 0.2) is 0 Å². The van der Waals surface area contributed by atoms with Gasteiger partial charge in [-0.15, -0.1) is 12.4 Å². The smallest absolute Gasteiger partial charge is 0.224 e. The van der Waals surface area contributed by atoms with E-state index in [-0.39, 0.29) is 24.4 Å². The first kappa shape index (κ1) is 15.9. The molecule has 17 heavy (non-hydrogen) atoms. The number of carbonyl (C=O) groups is 1. The molecule has 0 fully saturated rings. The van der Waals surface area contributed by atoms with Crippen LogP contribution < -0.4 is 11.1 Å².